The third-order valence-corrected chi connectivity index (χ3v) is 3.15. The maximum atomic E-state index is 5.76. The number of rotatable bonds is 3. The molecule has 19 heavy (non-hydrogen) atoms. The van der Waals surface area contributed by atoms with E-state index in [2.05, 4.69) is 20.3 Å². The molecule has 5 heteroatoms. The maximum absolute atomic E-state index is 5.76. The summed E-state index contributed by atoms with van der Waals surface area (Å²) in [6.07, 6.45) is 7.50. The third kappa shape index (κ3) is 3.06. The van der Waals surface area contributed by atoms with Crippen LogP contribution in [0.2, 0.25) is 0 Å². The molecule has 1 N–H and O–H groups in total. The highest BCUT2D eigenvalue weighted by atomic mass is 16.5. The van der Waals surface area contributed by atoms with E-state index in [0.29, 0.717) is 6.01 Å². The highest BCUT2D eigenvalue weighted by Gasteiger charge is 2.15. The SMILES string of the molecule is c1ccc(-c2cnc(OC3CCNCC3)nc2)nc1. The van der Waals surface area contributed by atoms with Gasteiger partial charge in [0.05, 0.1) is 5.69 Å². The van der Waals surface area contributed by atoms with E-state index in [1.165, 1.54) is 0 Å². The fraction of sp³-hybridized carbons (Fsp3) is 0.357. The first kappa shape index (κ1) is 12.0. The molecule has 3 heterocycles. The number of nitrogens with zero attached hydrogens (tertiary/aromatic N) is 3. The molecule has 0 bridgehead atoms. The number of ether oxygens (including phenoxy) is 1. The Kier molecular flexibility index (Phi) is 3.65. The lowest BCUT2D eigenvalue weighted by Gasteiger charge is -2.22. The van der Waals surface area contributed by atoms with Gasteiger partial charge < -0.3 is 10.1 Å². The largest absolute Gasteiger partial charge is 0.460 e. The number of hydrogen-bond acceptors (Lipinski definition) is 5. The lowest BCUT2D eigenvalue weighted by atomic mass is 10.1. The lowest BCUT2D eigenvalue weighted by molar-refractivity contribution is 0.149. The Morgan fingerprint density at radius 1 is 1.05 bits per heavy atom. The van der Waals surface area contributed by atoms with Crippen LogP contribution in [0.25, 0.3) is 11.3 Å². The summed E-state index contributed by atoms with van der Waals surface area (Å²) in [6.45, 7) is 1.99. The van der Waals surface area contributed by atoms with Crippen LogP contribution in [-0.2, 0) is 0 Å². The van der Waals surface area contributed by atoms with Crippen LogP contribution in [0.4, 0.5) is 0 Å². The summed E-state index contributed by atoms with van der Waals surface area (Å²) in [6, 6.07) is 6.22. The Balaban J connectivity index is 1.68. The molecule has 0 aliphatic carbocycles. The number of piperidine rings is 1. The minimum atomic E-state index is 0.224. The Morgan fingerprint density at radius 3 is 2.53 bits per heavy atom. The van der Waals surface area contributed by atoms with Crippen LogP contribution in [0.15, 0.2) is 36.8 Å². The van der Waals surface area contributed by atoms with E-state index >= 15 is 0 Å². The van der Waals surface area contributed by atoms with Crippen molar-refractivity contribution < 1.29 is 4.74 Å². The second-order valence-corrected chi connectivity index (χ2v) is 4.54. The van der Waals surface area contributed by atoms with Gasteiger partial charge in [0.1, 0.15) is 6.10 Å². The summed E-state index contributed by atoms with van der Waals surface area (Å²) < 4.78 is 5.76. The fourth-order valence-electron chi connectivity index (χ4n) is 2.11. The van der Waals surface area contributed by atoms with Crippen molar-refractivity contribution in [2.75, 3.05) is 13.1 Å². The summed E-state index contributed by atoms with van der Waals surface area (Å²) in [5.74, 6) is 0. The second kappa shape index (κ2) is 5.75. The first-order valence-electron chi connectivity index (χ1n) is 6.52. The molecule has 98 valence electrons. The summed E-state index contributed by atoms with van der Waals surface area (Å²) in [7, 11) is 0. The van der Waals surface area contributed by atoms with Crippen LogP contribution in [0, 0.1) is 0 Å². The first-order valence-corrected chi connectivity index (χ1v) is 6.52. The van der Waals surface area contributed by atoms with Crippen LogP contribution in [0.1, 0.15) is 12.8 Å². The summed E-state index contributed by atoms with van der Waals surface area (Å²) in [5.41, 5.74) is 1.77. The molecule has 0 atom stereocenters. The van der Waals surface area contributed by atoms with Gasteiger partial charge >= 0.3 is 6.01 Å². The molecule has 1 saturated heterocycles. The molecule has 2 aromatic rings. The van der Waals surface area contributed by atoms with Gasteiger partial charge in [0.2, 0.25) is 0 Å². The topological polar surface area (TPSA) is 59.9 Å². The molecule has 0 saturated carbocycles. The zero-order valence-electron chi connectivity index (χ0n) is 10.6. The van der Waals surface area contributed by atoms with E-state index in [0.717, 1.165) is 37.2 Å². The van der Waals surface area contributed by atoms with E-state index in [1.807, 2.05) is 18.2 Å². The fourth-order valence-corrected chi connectivity index (χ4v) is 2.11. The van der Waals surface area contributed by atoms with Crippen molar-refractivity contribution in [3.63, 3.8) is 0 Å². The number of nitrogens with one attached hydrogen (secondary N) is 1. The standard InChI is InChI=1S/C14H16N4O/c1-2-6-16-13(3-1)11-9-17-14(18-10-11)19-12-4-7-15-8-5-12/h1-3,6,9-10,12,15H,4-5,7-8H2. The highest BCUT2D eigenvalue weighted by molar-refractivity contribution is 5.56. The van der Waals surface area contributed by atoms with Crippen molar-refractivity contribution >= 4 is 0 Å². The average molecular weight is 256 g/mol. The molecule has 2 aromatic heterocycles. The van der Waals surface area contributed by atoms with Crippen molar-refractivity contribution in [2.45, 2.75) is 18.9 Å². The van der Waals surface area contributed by atoms with Gasteiger partial charge in [-0.3, -0.25) is 4.98 Å². The lowest BCUT2D eigenvalue weighted by Crippen LogP contribution is -2.34. The predicted octanol–water partition coefficient (Wildman–Crippen LogP) is 1.67. The predicted molar refractivity (Wildman–Crippen MR) is 71.8 cm³/mol. The van der Waals surface area contributed by atoms with Crippen molar-refractivity contribution in [3.8, 4) is 17.3 Å². The Bertz CT molecular complexity index is 509. The van der Waals surface area contributed by atoms with E-state index in [-0.39, 0.29) is 6.10 Å². The van der Waals surface area contributed by atoms with Crippen molar-refractivity contribution in [1.82, 2.24) is 20.3 Å². The zero-order valence-corrected chi connectivity index (χ0v) is 10.6. The molecule has 1 aliphatic rings. The second-order valence-electron chi connectivity index (χ2n) is 4.54. The number of aromatic nitrogens is 3. The normalized spacial score (nSPS) is 16.2. The van der Waals surface area contributed by atoms with Gasteiger partial charge in [-0.1, -0.05) is 6.07 Å². The van der Waals surface area contributed by atoms with Crippen molar-refractivity contribution in [3.05, 3.63) is 36.8 Å². The Hall–Kier alpha value is -2.01. The zero-order chi connectivity index (χ0) is 12.9. The quantitative estimate of drug-likeness (QED) is 0.905. The maximum Gasteiger partial charge on any atom is 0.316 e. The summed E-state index contributed by atoms with van der Waals surface area (Å²) in [5, 5.41) is 3.30. The molecule has 5 nitrogen and oxygen atoms in total. The van der Waals surface area contributed by atoms with Gasteiger partial charge in [-0.2, -0.15) is 0 Å². The molecule has 0 aromatic carbocycles. The van der Waals surface area contributed by atoms with Gasteiger partial charge in [-0.15, -0.1) is 0 Å². The van der Waals surface area contributed by atoms with Gasteiger partial charge in [-0.05, 0) is 38.1 Å². The van der Waals surface area contributed by atoms with E-state index in [9.17, 15) is 0 Å². The molecule has 0 amide bonds. The number of hydrogen-bond donors (Lipinski definition) is 1. The molecule has 0 spiro atoms. The van der Waals surface area contributed by atoms with E-state index in [4.69, 9.17) is 4.74 Å². The van der Waals surface area contributed by atoms with Crippen LogP contribution >= 0.6 is 0 Å². The summed E-state index contributed by atoms with van der Waals surface area (Å²) in [4.78, 5) is 12.8. The Labute approximate surface area is 112 Å². The average Bonchev–Trinajstić information content (AvgIpc) is 2.50. The monoisotopic (exact) mass is 256 g/mol. The molecule has 1 fully saturated rings. The van der Waals surface area contributed by atoms with Crippen molar-refractivity contribution in [1.29, 1.82) is 0 Å². The molecular formula is C14H16N4O. The van der Waals surface area contributed by atoms with Gasteiger partial charge in [0.15, 0.2) is 0 Å². The minimum Gasteiger partial charge on any atom is -0.460 e. The molecule has 0 radical (unpaired) electrons. The van der Waals surface area contributed by atoms with Crippen LogP contribution in [0.3, 0.4) is 0 Å². The van der Waals surface area contributed by atoms with E-state index < -0.39 is 0 Å². The number of pyridine rings is 1. The van der Waals surface area contributed by atoms with Crippen LogP contribution < -0.4 is 10.1 Å². The van der Waals surface area contributed by atoms with Gasteiger partial charge in [-0.25, -0.2) is 9.97 Å². The smallest absolute Gasteiger partial charge is 0.316 e. The Morgan fingerprint density at radius 2 is 1.84 bits per heavy atom. The van der Waals surface area contributed by atoms with Crippen LogP contribution in [-0.4, -0.2) is 34.1 Å². The minimum absolute atomic E-state index is 0.224. The van der Waals surface area contributed by atoms with E-state index in [1.54, 1.807) is 18.6 Å². The highest BCUT2D eigenvalue weighted by Crippen LogP contribution is 2.17. The van der Waals surface area contributed by atoms with Gasteiger partial charge in [0, 0.05) is 24.2 Å². The first-order chi connectivity index (χ1) is 9.42. The summed E-state index contributed by atoms with van der Waals surface area (Å²) >= 11 is 0. The van der Waals surface area contributed by atoms with Gasteiger partial charge in [0.25, 0.3) is 0 Å². The van der Waals surface area contributed by atoms with Crippen molar-refractivity contribution in [2.24, 2.45) is 0 Å². The molecule has 0 unspecified atom stereocenters. The molecule has 1 aliphatic heterocycles. The van der Waals surface area contributed by atoms with Crippen LogP contribution in [0.5, 0.6) is 6.01 Å². The molecule has 3 rings (SSSR count). The third-order valence-electron chi connectivity index (χ3n) is 3.15. The molecular weight excluding hydrogens is 240 g/mol.